The van der Waals surface area contributed by atoms with Crippen LogP contribution in [0.2, 0.25) is 0 Å². The van der Waals surface area contributed by atoms with Crippen molar-refractivity contribution in [3.8, 4) is 11.8 Å². The number of benzene rings is 2. The molecule has 220 valence electrons. The average Bonchev–Trinajstić information content (AvgIpc) is 3.04. The predicted octanol–water partition coefficient (Wildman–Crippen LogP) is 4.65. The number of hydrogen-bond donors (Lipinski definition) is 1. The van der Waals surface area contributed by atoms with Gasteiger partial charge in [0.25, 0.3) is 11.8 Å². The Hall–Kier alpha value is -4.10. The first-order valence-corrected chi connectivity index (χ1v) is 14.7. The van der Waals surface area contributed by atoms with Gasteiger partial charge in [-0.1, -0.05) is 30.9 Å². The van der Waals surface area contributed by atoms with Crippen LogP contribution in [0, 0.1) is 11.8 Å². The Morgan fingerprint density at radius 2 is 1.43 bits per heavy atom. The van der Waals surface area contributed by atoms with Gasteiger partial charge in [-0.25, -0.2) is 5.06 Å². The van der Waals surface area contributed by atoms with Crippen LogP contribution in [0.15, 0.2) is 72.0 Å². The van der Waals surface area contributed by atoms with E-state index in [0.29, 0.717) is 56.3 Å². The van der Waals surface area contributed by atoms with Crippen molar-refractivity contribution >= 4 is 34.6 Å². The van der Waals surface area contributed by atoms with Gasteiger partial charge in [-0.05, 0) is 67.8 Å². The van der Waals surface area contributed by atoms with E-state index in [1.54, 1.807) is 34.1 Å². The molecule has 2 amide bonds. The first-order valence-electron chi connectivity index (χ1n) is 14.7. The summed E-state index contributed by atoms with van der Waals surface area (Å²) in [6.45, 7) is 7.23. The largest absolute Gasteiger partial charge is 0.380 e. The highest BCUT2D eigenvalue weighted by Crippen LogP contribution is 2.30. The van der Waals surface area contributed by atoms with E-state index in [4.69, 9.17) is 9.47 Å². The van der Waals surface area contributed by atoms with Crippen molar-refractivity contribution in [2.24, 2.45) is 0 Å². The first-order chi connectivity index (χ1) is 20.6. The summed E-state index contributed by atoms with van der Waals surface area (Å²) in [5.74, 6) is 5.92. The summed E-state index contributed by atoms with van der Waals surface area (Å²) in [5.41, 5.74) is 3.90. The van der Waals surface area contributed by atoms with Crippen LogP contribution in [0.3, 0.4) is 0 Å². The third kappa shape index (κ3) is 6.85. The normalized spacial score (nSPS) is 17.4. The second-order valence-corrected chi connectivity index (χ2v) is 10.3. The summed E-state index contributed by atoms with van der Waals surface area (Å²) in [6, 6.07) is 14.5. The number of carbonyl (C=O) groups excluding carboxylic acids is 2. The van der Waals surface area contributed by atoms with E-state index in [1.165, 1.54) is 0 Å². The molecule has 0 aromatic heterocycles. The van der Waals surface area contributed by atoms with E-state index in [2.05, 4.69) is 23.7 Å². The number of carbonyl (C=O) groups is 2. The van der Waals surface area contributed by atoms with Crippen molar-refractivity contribution < 1.29 is 24.3 Å². The fourth-order valence-corrected chi connectivity index (χ4v) is 5.22. The second-order valence-electron chi connectivity index (χ2n) is 10.3. The van der Waals surface area contributed by atoms with Gasteiger partial charge in [0.1, 0.15) is 0 Å². The van der Waals surface area contributed by atoms with Crippen LogP contribution in [0.4, 0.5) is 22.7 Å². The summed E-state index contributed by atoms with van der Waals surface area (Å²) >= 11 is 0. The molecule has 5 rings (SSSR count). The fraction of sp³-hybridized carbons (Fsp3) is 0.394. The second kappa shape index (κ2) is 14.2. The number of rotatable bonds is 9. The van der Waals surface area contributed by atoms with Gasteiger partial charge in [0.15, 0.2) is 0 Å². The molecule has 0 bridgehead atoms. The molecule has 2 aromatic rings. The maximum Gasteiger partial charge on any atom is 0.274 e. The topological polar surface area (TPSA) is 85.8 Å². The molecule has 42 heavy (non-hydrogen) atoms. The van der Waals surface area contributed by atoms with Gasteiger partial charge in [0.2, 0.25) is 0 Å². The summed E-state index contributed by atoms with van der Waals surface area (Å²) in [4.78, 5) is 31.9. The number of nitrogens with zero attached hydrogens (tertiary/aromatic N) is 4. The molecule has 1 fully saturated rings. The van der Waals surface area contributed by atoms with Crippen LogP contribution in [0.25, 0.3) is 0 Å². The lowest BCUT2D eigenvalue weighted by Crippen LogP contribution is -2.45. The summed E-state index contributed by atoms with van der Waals surface area (Å²) in [5, 5.41) is 12.0. The molecule has 0 unspecified atom stereocenters. The van der Waals surface area contributed by atoms with E-state index in [0.717, 1.165) is 61.1 Å². The maximum absolute atomic E-state index is 13.2. The maximum atomic E-state index is 13.2. The SMILES string of the molecule is CCCOCCC#CC1=CCCN(c2ccc(N(O)c3ccc(N4CCC=C(N5CCOCC5)C4=O)cc3)cc2)C1=O. The number of hydrogen-bond acceptors (Lipinski definition) is 7. The zero-order valence-corrected chi connectivity index (χ0v) is 24.1. The molecule has 1 saturated heterocycles. The highest BCUT2D eigenvalue weighted by Gasteiger charge is 2.28. The Morgan fingerprint density at radius 1 is 0.833 bits per heavy atom. The van der Waals surface area contributed by atoms with Gasteiger partial charge >= 0.3 is 0 Å². The summed E-state index contributed by atoms with van der Waals surface area (Å²) < 4.78 is 10.9. The van der Waals surface area contributed by atoms with Crippen molar-refractivity contribution in [2.45, 2.75) is 32.6 Å². The van der Waals surface area contributed by atoms with Crippen molar-refractivity contribution in [3.05, 3.63) is 72.0 Å². The third-order valence-electron chi connectivity index (χ3n) is 7.44. The number of amides is 2. The smallest absolute Gasteiger partial charge is 0.274 e. The molecule has 1 N–H and O–H groups in total. The highest BCUT2D eigenvalue weighted by molar-refractivity contribution is 6.09. The van der Waals surface area contributed by atoms with Crippen molar-refractivity contribution in [3.63, 3.8) is 0 Å². The van der Waals surface area contributed by atoms with Gasteiger partial charge in [0, 0.05) is 50.6 Å². The van der Waals surface area contributed by atoms with Crippen LogP contribution < -0.4 is 14.9 Å². The Bertz CT molecular complexity index is 1370. The van der Waals surface area contributed by atoms with Gasteiger partial charge in [0.05, 0.1) is 42.5 Å². The van der Waals surface area contributed by atoms with Gasteiger partial charge in [-0.15, -0.1) is 0 Å². The van der Waals surface area contributed by atoms with Crippen LogP contribution in [0.5, 0.6) is 0 Å². The number of ether oxygens (including phenoxy) is 2. The van der Waals surface area contributed by atoms with E-state index < -0.39 is 0 Å². The van der Waals surface area contributed by atoms with Crippen molar-refractivity contribution in [2.75, 3.05) is 67.5 Å². The minimum absolute atomic E-state index is 0.00965. The highest BCUT2D eigenvalue weighted by atomic mass is 16.5. The molecule has 3 heterocycles. The molecule has 0 spiro atoms. The van der Waals surface area contributed by atoms with Crippen LogP contribution in [-0.4, -0.2) is 74.5 Å². The molecular formula is C33H38N4O5. The zero-order chi connectivity index (χ0) is 29.3. The number of anilines is 4. The standard InChI is InChI=1S/C33H38N4O5/c1-2-22-41-23-4-3-7-26-8-5-18-35(32(26)38)27-10-14-29(15-11-27)37(40)30-16-12-28(13-17-30)36-19-6-9-31(33(36)39)34-20-24-42-25-21-34/h8-17,40H,2,4-6,18-25H2,1H3. The molecule has 2 aromatic carbocycles. The molecular weight excluding hydrogens is 532 g/mol. The predicted molar refractivity (Wildman–Crippen MR) is 163 cm³/mol. The molecule has 0 aliphatic carbocycles. The Morgan fingerprint density at radius 3 is 2.05 bits per heavy atom. The summed E-state index contributed by atoms with van der Waals surface area (Å²) in [6.07, 6.45) is 6.99. The van der Waals surface area contributed by atoms with Gasteiger partial charge in [-0.3, -0.25) is 14.8 Å². The average molecular weight is 571 g/mol. The lowest BCUT2D eigenvalue weighted by molar-refractivity contribution is -0.117. The van der Waals surface area contributed by atoms with Gasteiger partial charge in [-0.2, -0.15) is 0 Å². The Kier molecular flexibility index (Phi) is 9.93. The minimum Gasteiger partial charge on any atom is -0.380 e. The third-order valence-corrected chi connectivity index (χ3v) is 7.44. The number of morpholine rings is 1. The molecule has 0 atom stereocenters. The van der Waals surface area contributed by atoms with Crippen LogP contribution in [-0.2, 0) is 19.1 Å². The van der Waals surface area contributed by atoms with Crippen LogP contribution in [0.1, 0.15) is 32.6 Å². The lowest BCUT2D eigenvalue weighted by atomic mass is 10.1. The van der Waals surface area contributed by atoms with Crippen molar-refractivity contribution in [1.82, 2.24) is 4.90 Å². The van der Waals surface area contributed by atoms with Crippen LogP contribution >= 0.6 is 0 Å². The molecule has 3 aliphatic heterocycles. The molecule has 3 aliphatic rings. The quantitative estimate of drug-likeness (QED) is 0.267. The molecule has 0 saturated carbocycles. The molecule has 0 radical (unpaired) electrons. The van der Waals surface area contributed by atoms with E-state index in [1.807, 2.05) is 36.4 Å². The van der Waals surface area contributed by atoms with Crippen molar-refractivity contribution in [1.29, 1.82) is 0 Å². The molecule has 9 nitrogen and oxygen atoms in total. The minimum atomic E-state index is -0.119. The summed E-state index contributed by atoms with van der Waals surface area (Å²) in [7, 11) is 0. The monoisotopic (exact) mass is 570 g/mol. The Labute approximate surface area is 247 Å². The lowest BCUT2D eigenvalue weighted by Gasteiger charge is -2.35. The van der Waals surface area contributed by atoms with E-state index >= 15 is 0 Å². The van der Waals surface area contributed by atoms with E-state index in [-0.39, 0.29) is 11.8 Å². The van der Waals surface area contributed by atoms with Gasteiger partial charge < -0.3 is 24.2 Å². The van der Waals surface area contributed by atoms with E-state index in [9.17, 15) is 14.8 Å². The first kappa shape index (κ1) is 29.4. The zero-order valence-electron chi connectivity index (χ0n) is 24.1. The Balaban J connectivity index is 1.20. The molecule has 9 heteroatoms. The fourth-order valence-electron chi connectivity index (χ4n) is 5.22.